The number of nitrogens with one attached hydrogen (secondary N) is 2. The first kappa shape index (κ1) is 16.2. The lowest BCUT2D eigenvalue weighted by Gasteiger charge is -2.21. The Morgan fingerprint density at radius 2 is 1.95 bits per heavy atom. The van der Waals surface area contributed by atoms with Crippen LogP contribution in [-0.2, 0) is 11.3 Å². The van der Waals surface area contributed by atoms with Crippen LogP contribution in [0.15, 0.2) is 16.5 Å². The summed E-state index contributed by atoms with van der Waals surface area (Å²) in [5.74, 6) is 1.27. The molecule has 3 amide bonds. The largest absolute Gasteiger partial charge is 0.465 e. The minimum absolute atomic E-state index is 0.122. The third kappa shape index (κ3) is 6.38. The van der Waals surface area contributed by atoms with Crippen molar-refractivity contribution in [2.45, 2.75) is 39.8 Å². The summed E-state index contributed by atoms with van der Waals surface area (Å²) in [5.41, 5.74) is -0.373. The molecule has 1 aromatic heterocycles. The van der Waals surface area contributed by atoms with E-state index in [4.69, 9.17) is 4.42 Å². The molecule has 0 radical (unpaired) electrons. The number of aryl methyl sites for hydroxylation is 1. The van der Waals surface area contributed by atoms with Crippen LogP contribution in [0.4, 0.5) is 4.79 Å². The van der Waals surface area contributed by atoms with Gasteiger partial charge in [-0.15, -0.1) is 0 Å². The van der Waals surface area contributed by atoms with Gasteiger partial charge in [0.05, 0.1) is 13.1 Å². The van der Waals surface area contributed by atoms with Gasteiger partial charge in [-0.2, -0.15) is 0 Å². The standard InChI is InChI=1S/C14H23N3O3/c1-10-6-7-11(20-10)8-17(5)9-12(18)15-13(19)16-14(2,3)4/h6-7H,8-9H2,1-5H3,(H2,15,16,18,19). The zero-order valence-corrected chi connectivity index (χ0v) is 12.7. The quantitative estimate of drug-likeness (QED) is 0.880. The van der Waals surface area contributed by atoms with Gasteiger partial charge in [0.2, 0.25) is 5.91 Å². The fourth-order valence-corrected chi connectivity index (χ4v) is 1.68. The molecule has 6 nitrogen and oxygen atoms in total. The fraction of sp³-hybridized carbons (Fsp3) is 0.571. The van der Waals surface area contributed by atoms with E-state index in [0.29, 0.717) is 6.54 Å². The van der Waals surface area contributed by atoms with Gasteiger partial charge in [0, 0.05) is 5.54 Å². The van der Waals surface area contributed by atoms with Crippen molar-refractivity contribution in [3.63, 3.8) is 0 Å². The summed E-state index contributed by atoms with van der Waals surface area (Å²) in [7, 11) is 1.79. The zero-order chi connectivity index (χ0) is 15.3. The van der Waals surface area contributed by atoms with Crippen LogP contribution >= 0.6 is 0 Å². The first-order valence-corrected chi connectivity index (χ1v) is 6.51. The van der Waals surface area contributed by atoms with Gasteiger partial charge >= 0.3 is 6.03 Å². The molecule has 112 valence electrons. The molecular weight excluding hydrogens is 258 g/mol. The highest BCUT2D eigenvalue weighted by Gasteiger charge is 2.16. The average Bonchev–Trinajstić information content (AvgIpc) is 2.59. The molecule has 0 bridgehead atoms. The lowest BCUT2D eigenvalue weighted by Crippen LogP contribution is -2.50. The SMILES string of the molecule is Cc1ccc(CN(C)CC(=O)NC(=O)NC(C)(C)C)o1. The van der Waals surface area contributed by atoms with E-state index in [1.807, 2.05) is 39.8 Å². The van der Waals surface area contributed by atoms with Crippen LogP contribution in [0.5, 0.6) is 0 Å². The van der Waals surface area contributed by atoms with E-state index in [2.05, 4.69) is 10.6 Å². The second-order valence-corrected chi connectivity index (χ2v) is 5.94. The molecule has 20 heavy (non-hydrogen) atoms. The Kier molecular flexibility index (Phi) is 5.33. The molecule has 0 aliphatic heterocycles. The summed E-state index contributed by atoms with van der Waals surface area (Å²) >= 11 is 0. The molecule has 0 saturated carbocycles. The maximum absolute atomic E-state index is 11.7. The highest BCUT2D eigenvalue weighted by Crippen LogP contribution is 2.08. The van der Waals surface area contributed by atoms with Gasteiger partial charge in [-0.05, 0) is 46.9 Å². The molecule has 2 N–H and O–H groups in total. The van der Waals surface area contributed by atoms with Crippen LogP contribution in [0.2, 0.25) is 0 Å². The normalized spacial score (nSPS) is 11.5. The van der Waals surface area contributed by atoms with Crippen LogP contribution < -0.4 is 10.6 Å². The van der Waals surface area contributed by atoms with E-state index < -0.39 is 6.03 Å². The Hall–Kier alpha value is -1.82. The number of furan rings is 1. The van der Waals surface area contributed by atoms with E-state index in [9.17, 15) is 9.59 Å². The van der Waals surface area contributed by atoms with Crippen LogP contribution in [-0.4, -0.2) is 36.0 Å². The molecule has 0 aromatic carbocycles. The molecule has 0 unspecified atom stereocenters. The number of imide groups is 1. The molecule has 0 aliphatic rings. The molecule has 0 spiro atoms. The van der Waals surface area contributed by atoms with Gasteiger partial charge in [-0.25, -0.2) is 4.79 Å². The fourth-order valence-electron chi connectivity index (χ4n) is 1.68. The summed E-state index contributed by atoms with van der Waals surface area (Å²) in [6.07, 6.45) is 0. The molecule has 1 heterocycles. The molecule has 1 aromatic rings. The number of carbonyl (C=O) groups excluding carboxylic acids is 2. The minimum atomic E-state index is -0.482. The molecular formula is C14H23N3O3. The van der Waals surface area contributed by atoms with Gasteiger partial charge < -0.3 is 9.73 Å². The second-order valence-electron chi connectivity index (χ2n) is 5.94. The summed E-state index contributed by atoms with van der Waals surface area (Å²) in [5, 5.41) is 4.97. The number of hydrogen-bond donors (Lipinski definition) is 2. The van der Waals surface area contributed by atoms with E-state index in [0.717, 1.165) is 11.5 Å². The number of amides is 3. The monoisotopic (exact) mass is 281 g/mol. The van der Waals surface area contributed by atoms with Gasteiger partial charge in [0.25, 0.3) is 0 Å². The Morgan fingerprint density at radius 3 is 2.45 bits per heavy atom. The Labute approximate surface area is 119 Å². The summed E-state index contributed by atoms with van der Waals surface area (Å²) < 4.78 is 5.43. The van der Waals surface area contributed by atoms with Crippen molar-refractivity contribution in [2.75, 3.05) is 13.6 Å². The third-order valence-electron chi connectivity index (χ3n) is 2.38. The van der Waals surface area contributed by atoms with Crippen molar-refractivity contribution in [3.8, 4) is 0 Å². The lowest BCUT2D eigenvalue weighted by molar-refractivity contribution is -0.121. The van der Waals surface area contributed by atoms with Crippen LogP contribution in [0, 0.1) is 6.92 Å². The predicted octanol–water partition coefficient (Wildman–Crippen LogP) is 1.64. The number of urea groups is 1. The van der Waals surface area contributed by atoms with Gasteiger partial charge in [-0.3, -0.25) is 15.0 Å². The van der Waals surface area contributed by atoms with Gasteiger partial charge in [0.15, 0.2) is 0 Å². The number of likely N-dealkylation sites (N-methyl/N-ethyl adjacent to an activating group) is 1. The number of nitrogens with zero attached hydrogens (tertiary/aromatic N) is 1. The minimum Gasteiger partial charge on any atom is -0.465 e. The second kappa shape index (κ2) is 6.56. The number of rotatable bonds is 4. The van der Waals surface area contributed by atoms with Crippen molar-refractivity contribution in [2.24, 2.45) is 0 Å². The maximum atomic E-state index is 11.7. The third-order valence-corrected chi connectivity index (χ3v) is 2.38. The molecule has 0 saturated heterocycles. The molecule has 0 fully saturated rings. The smallest absolute Gasteiger partial charge is 0.321 e. The molecule has 0 aliphatic carbocycles. The van der Waals surface area contributed by atoms with E-state index >= 15 is 0 Å². The number of carbonyl (C=O) groups is 2. The van der Waals surface area contributed by atoms with Crippen molar-refractivity contribution in [1.82, 2.24) is 15.5 Å². The van der Waals surface area contributed by atoms with Crippen molar-refractivity contribution < 1.29 is 14.0 Å². The Bertz CT molecular complexity index is 474. The highest BCUT2D eigenvalue weighted by molar-refractivity contribution is 5.95. The first-order chi connectivity index (χ1) is 9.15. The van der Waals surface area contributed by atoms with Crippen molar-refractivity contribution >= 4 is 11.9 Å². The van der Waals surface area contributed by atoms with E-state index in [1.165, 1.54) is 0 Å². The van der Waals surface area contributed by atoms with Crippen LogP contribution in [0.3, 0.4) is 0 Å². The summed E-state index contributed by atoms with van der Waals surface area (Å²) in [6, 6.07) is 3.26. The number of hydrogen-bond acceptors (Lipinski definition) is 4. The van der Waals surface area contributed by atoms with Crippen LogP contribution in [0.25, 0.3) is 0 Å². The van der Waals surface area contributed by atoms with Crippen molar-refractivity contribution in [1.29, 1.82) is 0 Å². The zero-order valence-electron chi connectivity index (χ0n) is 12.7. The van der Waals surface area contributed by atoms with Gasteiger partial charge in [-0.1, -0.05) is 0 Å². The topological polar surface area (TPSA) is 74.6 Å². The van der Waals surface area contributed by atoms with Crippen molar-refractivity contribution in [3.05, 3.63) is 23.7 Å². The summed E-state index contributed by atoms with van der Waals surface area (Å²) in [4.78, 5) is 25.0. The highest BCUT2D eigenvalue weighted by atomic mass is 16.3. The Morgan fingerprint density at radius 1 is 1.30 bits per heavy atom. The first-order valence-electron chi connectivity index (χ1n) is 6.51. The average molecular weight is 281 g/mol. The van der Waals surface area contributed by atoms with Crippen LogP contribution in [0.1, 0.15) is 32.3 Å². The van der Waals surface area contributed by atoms with E-state index in [1.54, 1.807) is 11.9 Å². The Balaban J connectivity index is 2.36. The summed E-state index contributed by atoms with van der Waals surface area (Å²) in [6.45, 7) is 8.06. The predicted molar refractivity (Wildman–Crippen MR) is 76.2 cm³/mol. The molecule has 0 atom stereocenters. The maximum Gasteiger partial charge on any atom is 0.321 e. The molecule has 6 heteroatoms. The van der Waals surface area contributed by atoms with Gasteiger partial charge in [0.1, 0.15) is 11.5 Å². The van der Waals surface area contributed by atoms with E-state index in [-0.39, 0.29) is 18.0 Å². The lowest BCUT2D eigenvalue weighted by atomic mass is 10.1. The molecule has 1 rings (SSSR count).